The van der Waals surface area contributed by atoms with E-state index < -0.39 is 35.9 Å². The number of nitrogens with zero attached hydrogens (tertiary/aromatic N) is 1. The molecule has 19 nitrogen and oxygen atoms in total. The first kappa shape index (κ1) is 56.5. The first-order chi connectivity index (χ1) is 33.8. The maximum absolute atomic E-state index is 13.4. The molecule has 0 spiro atoms. The molecule has 1 aliphatic carbocycles. The van der Waals surface area contributed by atoms with Crippen LogP contribution in [0.5, 0.6) is 0 Å². The van der Waals surface area contributed by atoms with Crippen LogP contribution in [0.4, 0.5) is 5.69 Å². The molecule has 0 saturated heterocycles. The topological polar surface area (TPSA) is 278 Å². The lowest BCUT2D eigenvalue weighted by Crippen LogP contribution is -2.54. The highest BCUT2D eigenvalue weighted by Gasteiger charge is 2.28. The molecule has 1 heterocycles. The van der Waals surface area contributed by atoms with E-state index in [0.717, 1.165) is 41.6 Å². The summed E-state index contributed by atoms with van der Waals surface area (Å²) in [5, 5.41) is 11.0. The predicted molar refractivity (Wildman–Crippen MR) is 263 cm³/mol. The zero-order valence-corrected chi connectivity index (χ0v) is 40.9. The Morgan fingerprint density at radius 2 is 1.34 bits per heavy atom. The maximum atomic E-state index is 13.4. The van der Waals surface area contributed by atoms with Crippen molar-refractivity contribution in [2.75, 3.05) is 77.5 Å². The first-order valence-corrected chi connectivity index (χ1v) is 24.4. The van der Waals surface area contributed by atoms with Gasteiger partial charge in [-0.2, -0.15) is 0 Å². The van der Waals surface area contributed by atoms with Crippen molar-refractivity contribution in [1.82, 2.24) is 21.3 Å². The summed E-state index contributed by atoms with van der Waals surface area (Å²) in [7, 11) is 0. The van der Waals surface area contributed by atoms with E-state index in [0.29, 0.717) is 83.1 Å². The maximum Gasteiger partial charge on any atom is 0.246 e. The Morgan fingerprint density at radius 3 is 2.06 bits per heavy atom. The number of nitrogens with one attached hydrogen (secondary N) is 4. The average molecular weight is 975 g/mol. The number of anilines is 1. The first-order valence-electron chi connectivity index (χ1n) is 24.4. The zero-order chi connectivity index (χ0) is 50.5. The molecule has 0 bridgehead atoms. The fraction of sp³-hybridized carbons (Fsp3) is 0.569. The van der Waals surface area contributed by atoms with Gasteiger partial charge in [0, 0.05) is 49.2 Å². The summed E-state index contributed by atoms with van der Waals surface area (Å²) in [4.78, 5) is 78.1. The summed E-state index contributed by atoms with van der Waals surface area (Å²) >= 11 is 0. The van der Waals surface area contributed by atoms with Crippen molar-refractivity contribution in [2.24, 2.45) is 23.1 Å². The Labute approximate surface area is 412 Å². The van der Waals surface area contributed by atoms with E-state index in [1.165, 1.54) is 0 Å². The van der Waals surface area contributed by atoms with Crippen LogP contribution in [0.2, 0.25) is 0 Å². The van der Waals surface area contributed by atoms with Crippen LogP contribution < -0.4 is 43.4 Å². The van der Waals surface area contributed by atoms with Crippen LogP contribution in [-0.4, -0.2) is 126 Å². The molecule has 4 rings (SSSR count). The monoisotopic (exact) mass is 975 g/mol. The summed E-state index contributed by atoms with van der Waals surface area (Å²) in [5.41, 5.74) is 22.2. The molecular formula is C51H74N8O11. The minimum absolute atomic E-state index is 0.0115. The van der Waals surface area contributed by atoms with Crippen LogP contribution in [0.1, 0.15) is 101 Å². The molecule has 19 heteroatoms. The number of nitrogens with two attached hydrogens (primary N) is 3. The second-order valence-corrected chi connectivity index (χ2v) is 17.4. The lowest BCUT2D eigenvalue weighted by atomic mass is 10.00. The normalized spacial score (nSPS) is 16.4. The van der Waals surface area contributed by atoms with Gasteiger partial charge in [-0.25, -0.2) is 0 Å². The van der Waals surface area contributed by atoms with Crippen LogP contribution in [-0.2, 0) is 59.0 Å². The van der Waals surface area contributed by atoms with Crippen LogP contribution in [0.15, 0.2) is 59.9 Å². The van der Waals surface area contributed by atoms with Gasteiger partial charge in [0.25, 0.3) is 0 Å². The number of unbranched alkanes of at least 4 members (excludes halogenated alkanes) is 1. The number of carbonyl (C=O) groups is 6. The largest absolute Gasteiger partial charge is 0.401 e. The third-order valence-electron chi connectivity index (χ3n) is 11.6. The highest BCUT2D eigenvalue weighted by atomic mass is 16.6. The fourth-order valence-electron chi connectivity index (χ4n) is 7.63. The number of ether oxygens (including phenoxy) is 5. The third kappa shape index (κ3) is 20.9. The minimum Gasteiger partial charge on any atom is -0.401 e. The zero-order valence-electron chi connectivity index (χ0n) is 40.9. The number of allylic oxidation sites excluding steroid dienone is 1. The van der Waals surface area contributed by atoms with Crippen molar-refractivity contribution < 1.29 is 52.5 Å². The molecule has 384 valence electrons. The van der Waals surface area contributed by atoms with Crippen LogP contribution in [0.3, 0.4) is 0 Å². The van der Waals surface area contributed by atoms with E-state index in [1.54, 1.807) is 18.7 Å². The number of amides is 6. The fourth-order valence-corrected chi connectivity index (χ4v) is 7.63. The Hall–Kier alpha value is -6.04. The number of carbonyl (C=O) groups excluding carboxylic acids is 6. The molecule has 70 heavy (non-hydrogen) atoms. The van der Waals surface area contributed by atoms with E-state index in [-0.39, 0.29) is 82.4 Å². The van der Waals surface area contributed by atoms with Crippen LogP contribution >= 0.6 is 0 Å². The highest BCUT2D eigenvalue weighted by molar-refractivity contribution is 5.97. The molecule has 1 aliphatic heterocycles. The van der Waals surface area contributed by atoms with Gasteiger partial charge in [-0.3, -0.25) is 28.8 Å². The van der Waals surface area contributed by atoms with Gasteiger partial charge >= 0.3 is 0 Å². The Balaban J connectivity index is 1.01. The Morgan fingerprint density at radius 1 is 0.700 bits per heavy atom. The summed E-state index contributed by atoms with van der Waals surface area (Å²) in [6.07, 6.45) is 5.30. The Kier molecular flexibility index (Phi) is 25.8. The van der Waals surface area contributed by atoms with Gasteiger partial charge in [-0.05, 0) is 68.2 Å². The van der Waals surface area contributed by atoms with Crippen molar-refractivity contribution in [3.05, 3.63) is 76.6 Å². The Bertz CT molecular complexity index is 2110. The molecule has 0 fully saturated rings. The van der Waals surface area contributed by atoms with Crippen molar-refractivity contribution in [3.63, 3.8) is 0 Å². The highest BCUT2D eigenvalue weighted by Crippen LogP contribution is 2.26. The minimum atomic E-state index is -0.939. The standard InChI is InChI=1S/C51H74N8O11/c1-36(2)49(50(54)64)58-51(65)41(16-10-11-24-55-46(62)35-70-43-18-5-3-4-15-40(52)48(43)53)57-45(61)23-26-66-28-30-68-32-33-69-31-29-67-27-25-56-44(60)21-22-47(63)59-34-39-14-7-6-12-37(39)19-20-38-13-8-9-17-42(38)59/h6-9,12-14,17,36,41,43,49H,3-5,10-11,15-16,18,21-35,52-53H2,1-2H3,(H2,54,64)(H,55,62)(H,56,60)(H,57,61)(H,58,65)/b48-40-/t41-,43?,49+/m1/s1. The molecule has 2 aliphatic rings. The van der Waals surface area contributed by atoms with E-state index in [2.05, 4.69) is 33.1 Å². The summed E-state index contributed by atoms with van der Waals surface area (Å²) in [6, 6.07) is 13.4. The van der Waals surface area contributed by atoms with Crippen molar-refractivity contribution in [1.29, 1.82) is 0 Å². The summed E-state index contributed by atoms with van der Waals surface area (Å²) in [6.45, 7) is 6.55. The van der Waals surface area contributed by atoms with Gasteiger partial charge in [0.1, 0.15) is 18.7 Å². The molecule has 1 unspecified atom stereocenters. The lowest BCUT2D eigenvalue weighted by Gasteiger charge is -2.26. The third-order valence-corrected chi connectivity index (χ3v) is 11.6. The molecule has 0 radical (unpaired) electrons. The van der Waals surface area contributed by atoms with Gasteiger partial charge < -0.3 is 67.1 Å². The number of rotatable bonds is 31. The SMILES string of the molecule is CC(C)[C@H](NC(=O)[C@@H](CCCCNC(=O)COC1CCCCC/C(N)=C\1N)NC(=O)CCOCCOCCOCCOCCNC(=O)CCC(=O)N1Cc2ccccc2C#Cc2ccccc21)C(N)=O. The van der Waals surface area contributed by atoms with E-state index >= 15 is 0 Å². The summed E-state index contributed by atoms with van der Waals surface area (Å²) in [5.74, 6) is 3.81. The average Bonchev–Trinajstić information content (AvgIpc) is 3.33. The predicted octanol–water partition coefficient (Wildman–Crippen LogP) is 2.16. The molecule has 3 atom stereocenters. The van der Waals surface area contributed by atoms with E-state index in [1.807, 2.05) is 48.5 Å². The van der Waals surface area contributed by atoms with Gasteiger partial charge in [-0.1, -0.05) is 68.9 Å². The van der Waals surface area contributed by atoms with Crippen molar-refractivity contribution >= 4 is 41.1 Å². The molecule has 0 saturated carbocycles. The number of primary amides is 1. The summed E-state index contributed by atoms with van der Waals surface area (Å²) < 4.78 is 28.0. The molecular weight excluding hydrogens is 901 g/mol. The van der Waals surface area contributed by atoms with E-state index in [4.69, 9.17) is 40.9 Å². The van der Waals surface area contributed by atoms with Crippen LogP contribution in [0.25, 0.3) is 0 Å². The lowest BCUT2D eigenvalue weighted by molar-refractivity contribution is -0.132. The molecule has 0 aromatic heterocycles. The van der Waals surface area contributed by atoms with Crippen LogP contribution in [0, 0.1) is 17.8 Å². The molecule has 6 amide bonds. The van der Waals surface area contributed by atoms with Gasteiger partial charge in [0.15, 0.2) is 0 Å². The van der Waals surface area contributed by atoms with Gasteiger partial charge in [0.05, 0.1) is 76.9 Å². The van der Waals surface area contributed by atoms with Gasteiger partial charge in [0.2, 0.25) is 35.4 Å². The number of fused-ring (bicyclic) bond motifs is 2. The second kappa shape index (κ2) is 32.0. The number of hydrogen-bond donors (Lipinski definition) is 7. The van der Waals surface area contributed by atoms with Crippen molar-refractivity contribution in [2.45, 2.75) is 109 Å². The quantitative estimate of drug-likeness (QED) is 0.0422. The van der Waals surface area contributed by atoms with Gasteiger partial charge in [-0.15, -0.1) is 0 Å². The molecule has 2 aromatic carbocycles. The smallest absolute Gasteiger partial charge is 0.246 e. The molecule has 10 N–H and O–H groups in total. The number of hydrogen-bond acceptors (Lipinski definition) is 13. The van der Waals surface area contributed by atoms with Crippen molar-refractivity contribution in [3.8, 4) is 11.8 Å². The number of para-hydroxylation sites is 1. The number of benzene rings is 2. The van der Waals surface area contributed by atoms with E-state index in [9.17, 15) is 28.8 Å². The molecule has 2 aromatic rings. The second-order valence-electron chi connectivity index (χ2n) is 17.4.